The molecule has 4 aliphatic heterocycles. The van der Waals surface area contributed by atoms with Gasteiger partial charge in [0, 0.05) is 88.7 Å². The maximum atomic E-state index is 13.4. The van der Waals surface area contributed by atoms with Gasteiger partial charge in [-0.1, -0.05) is 12.7 Å². The number of carbonyl (C=O) groups excluding carboxylic acids is 6. The van der Waals surface area contributed by atoms with E-state index in [0.29, 0.717) is 72.3 Å². The Morgan fingerprint density at radius 2 is 1.44 bits per heavy atom. The second-order valence-corrected chi connectivity index (χ2v) is 17.8. The summed E-state index contributed by atoms with van der Waals surface area (Å²) in [5, 5.41) is 23.5. The monoisotopic (exact) mass is 837 g/mol. The molecule has 308 valence electrons. The highest BCUT2D eigenvalue weighted by molar-refractivity contribution is 7.22. The van der Waals surface area contributed by atoms with Gasteiger partial charge in [0.2, 0.25) is 11.8 Å². The van der Waals surface area contributed by atoms with Crippen molar-refractivity contribution in [1.29, 1.82) is 0 Å². The number of hydrogen-bond donors (Lipinski definition) is 7. The van der Waals surface area contributed by atoms with E-state index in [0.717, 1.165) is 38.7 Å². The molecule has 2 aromatic heterocycles. The number of piperidine rings is 1. The van der Waals surface area contributed by atoms with Crippen LogP contribution in [0.25, 0.3) is 20.2 Å². The summed E-state index contributed by atoms with van der Waals surface area (Å²) >= 11 is 2.75. The predicted molar refractivity (Wildman–Crippen MR) is 231 cm³/mol. The smallest absolute Gasteiger partial charge is 0.263 e. The quantitative estimate of drug-likeness (QED) is 0.124. The molecule has 2 aromatic carbocycles. The average Bonchev–Trinajstić information content (AvgIpc) is 3.83. The molecule has 6 amide bonds. The Kier molecular flexibility index (Phi) is 11.4. The van der Waals surface area contributed by atoms with E-state index in [1.165, 1.54) is 34.8 Å². The van der Waals surface area contributed by atoms with Crippen molar-refractivity contribution >= 4 is 89.7 Å². The molecule has 0 saturated carbocycles. The molecule has 6 heterocycles. The van der Waals surface area contributed by atoms with Crippen LogP contribution in [-0.2, 0) is 9.59 Å². The van der Waals surface area contributed by atoms with Crippen molar-refractivity contribution in [1.82, 2.24) is 36.4 Å². The molecule has 5 unspecified atom stereocenters. The van der Waals surface area contributed by atoms with Gasteiger partial charge < -0.3 is 47.0 Å². The maximum absolute atomic E-state index is 13.4. The summed E-state index contributed by atoms with van der Waals surface area (Å²) in [6.07, 6.45) is 6.43. The standard InChI is InChI=1S/C42H47N9O6S2/c1-4-33(52)48-29-20-50(3)21-30(29)49-40(55)24-11-13-32-28(16-24)36-38(59-32)42(57)46-25(18-44-36)7-5-9-34(53)51-14-6-8-26(19-51)47-39(54)23-10-12-31-27(15-23)35-37(58-31)41(56)45-22(2)17-43-35/h4-5,9-13,15-16,22,25-26,29-30,43-44H,1,6-8,14,17-21H2,2-3H3,(H,45,56)(H,46,57)(H,47,54)(H,48,52)(H,49,55). The lowest BCUT2D eigenvalue weighted by molar-refractivity contribution is -0.127. The number of benzene rings is 2. The zero-order valence-electron chi connectivity index (χ0n) is 32.8. The SMILES string of the molecule is C=CC(=O)NC1CN(C)CC1NC(=O)c1ccc2sc3c(c2c1)NCC(CC=CC(=O)N1CCCC(NC(=O)c2ccc4sc5c(c4c2)NCC(C)NC5=O)C1)NC3=O. The van der Waals surface area contributed by atoms with Crippen LogP contribution >= 0.6 is 22.7 Å². The second kappa shape index (κ2) is 16.8. The Labute approximate surface area is 349 Å². The van der Waals surface area contributed by atoms with Gasteiger partial charge in [-0.2, -0.15) is 0 Å². The minimum absolute atomic E-state index is 0.0135. The highest BCUT2D eigenvalue weighted by Crippen LogP contribution is 2.39. The van der Waals surface area contributed by atoms with Gasteiger partial charge in [0.15, 0.2) is 0 Å². The third kappa shape index (κ3) is 8.54. The number of rotatable bonds is 9. The van der Waals surface area contributed by atoms with Crippen LogP contribution in [-0.4, -0.2) is 122 Å². The zero-order chi connectivity index (χ0) is 41.4. The molecule has 0 bridgehead atoms. The minimum atomic E-state index is -0.291. The lowest BCUT2D eigenvalue weighted by atomic mass is 10.0. The fraction of sp³-hybridized carbons (Fsp3) is 0.381. The largest absolute Gasteiger partial charge is 0.381 e. The third-order valence-electron chi connectivity index (χ3n) is 11.2. The van der Waals surface area contributed by atoms with Crippen LogP contribution in [0.1, 0.15) is 66.2 Å². The van der Waals surface area contributed by atoms with Gasteiger partial charge in [0.25, 0.3) is 23.6 Å². The van der Waals surface area contributed by atoms with E-state index in [2.05, 4.69) is 43.8 Å². The fourth-order valence-corrected chi connectivity index (χ4v) is 10.3. The first-order chi connectivity index (χ1) is 28.4. The minimum Gasteiger partial charge on any atom is -0.381 e. The van der Waals surface area contributed by atoms with Gasteiger partial charge in [-0.05, 0) is 81.8 Å². The topological polar surface area (TPSA) is 193 Å². The molecule has 0 radical (unpaired) electrons. The summed E-state index contributed by atoms with van der Waals surface area (Å²) in [6.45, 7) is 8.61. The van der Waals surface area contributed by atoms with Crippen LogP contribution in [0.15, 0.2) is 61.2 Å². The number of amides is 6. The number of likely N-dealkylation sites (N-methyl/N-ethyl adjacent to an activating group) is 1. The van der Waals surface area contributed by atoms with E-state index in [1.807, 2.05) is 37.1 Å². The van der Waals surface area contributed by atoms with Crippen LogP contribution in [0, 0.1) is 0 Å². The van der Waals surface area contributed by atoms with Gasteiger partial charge in [-0.15, -0.1) is 22.7 Å². The van der Waals surface area contributed by atoms with Crippen molar-refractivity contribution < 1.29 is 28.8 Å². The fourth-order valence-electron chi connectivity index (χ4n) is 8.20. The van der Waals surface area contributed by atoms with E-state index in [9.17, 15) is 28.8 Å². The van der Waals surface area contributed by atoms with Crippen molar-refractivity contribution in [2.45, 2.75) is 56.4 Å². The molecule has 0 aliphatic carbocycles. The molecule has 59 heavy (non-hydrogen) atoms. The van der Waals surface area contributed by atoms with Crippen molar-refractivity contribution in [3.05, 3.63) is 82.1 Å². The lowest BCUT2D eigenvalue weighted by Gasteiger charge is -2.32. The Morgan fingerprint density at radius 3 is 2.10 bits per heavy atom. The number of thiophene rings is 2. The lowest BCUT2D eigenvalue weighted by Crippen LogP contribution is -2.50. The number of hydrogen-bond acceptors (Lipinski definition) is 11. The normalized spacial score (nSPS) is 23.2. The highest BCUT2D eigenvalue weighted by atomic mass is 32.1. The van der Waals surface area contributed by atoms with Gasteiger partial charge in [-0.25, -0.2) is 0 Å². The van der Waals surface area contributed by atoms with Gasteiger partial charge in [-0.3, -0.25) is 28.8 Å². The number of nitrogens with one attached hydrogen (secondary N) is 7. The number of anilines is 2. The molecule has 7 N–H and O–H groups in total. The third-order valence-corrected chi connectivity index (χ3v) is 13.6. The van der Waals surface area contributed by atoms with E-state index in [1.54, 1.807) is 29.2 Å². The van der Waals surface area contributed by atoms with E-state index in [-0.39, 0.29) is 65.7 Å². The Hall–Kier alpha value is -5.78. The molecule has 0 spiro atoms. The first-order valence-electron chi connectivity index (χ1n) is 19.8. The summed E-state index contributed by atoms with van der Waals surface area (Å²) in [4.78, 5) is 83.1. The average molecular weight is 838 g/mol. The van der Waals surface area contributed by atoms with Crippen LogP contribution in [0.3, 0.4) is 0 Å². The van der Waals surface area contributed by atoms with Crippen molar-refractivity contribution in [2.75, 3.05) is 56.9 Å². The molecule has 4 aliphatic rings. The highest BCUT2D eigenvalue weighted by Gasteiger charge is 2.34. The summed E-state index contributed by atoms with van der Waals surface area (Å²) < 4.78 is 1.79. The Morgan fingerprint density at radius 1 is 0.831 bits per heavy atom. The van der Waals surface area contributed by atoms with Crippen molar-refractivity contribution in [2.24, 2.45) is 0 Å². The van der Waals surface area contributed by atoms with Gasteiger partial charge in [0.05, 0.1) is 23.5 Å². The number of likely N-dealkylation sites (tertiary alicyclic amines) is 2. The summed E-state index contributed by atoms with van der Waals surface area (Å²) in [5.41, 5.74) is 2.36. The number of carbonyl (C=O) groups is 6. The maximum Gasteiger partial charge on any atom is 0.263 e. The van der Waals surface area contributed by atoms with E-state index in [4.69, 9.17) is 0 Å². The van der Waals surface area contributed by atoms with Crippen molar-refractivity contribution in [3.63, 3.8) is 0 Å². The molecule has 8 rings (SSSR count). The second-order valence-electron chi connectivity index (χ2n) is 15.7. The van der Waals surface area contributed by atoms with Crippen LogP contribution in [0.5, 0.6) is 0 Å². The molecule has 15 nitrogen and oxygen atoms in total. The number of nitrogens with zero attached hydrogens (tertiary/aromatic N) is 2. The molecule has 2 fully saturated rings. The Balaban J connectivity index is 0.854. The molecule has 5 atom stereocenters. The van der Waals surface area contributed by atoms with Gasteiger partial charge >= 0.3 is 0 Å². The van der Waals surface area contributed by atoms with Crippen LogP contribution in [0.4, 0.5) is 11.4 Å². The summed E-state index contributed by atoms with van der Waals surface area (Å²) in [6, 6.07) is 9.78. The molecular formula is C42H47N9O6S2. The van der Waals surface area contributed by atoms with E-state index >= 15 is 0 Å². The first kappa shape index (κ1) is 40.0. The first-order valence-corrected chi connectivity index (χ1v) is 21.5. The summed E-state index contributed by atoms with van der Waals surface area (Å²) in [7, 11) is 1.93. The molecular weight excluding hydrogens is 791 g/mol. The van der Waals surface area contributed by atoms with E-state index < -0.39 is 0 Å². The molecule has 4 aromatic rings. The summed E-state index contributed by atoms with van der Waals surface area (Å²) in [5.74, 6) is -1.30. The zero-order valence-corrected chi connectivity index (χ0v) is 34.4. The van der Waals surface area contributed by atoms with Crippen molar-refractivity contribution in [3.8, 4) is 0 Å². The van der Waals surface area contributed by atoms with Crippen LogP contribution in [0.2, 0.25) is 0 Å². The Bertz CT molecular complexity index is 2410. The molecule has 17 heteroatoms. The predicted octanol–water partition coefficient (Wildman–Crippen LogP) is 3.27. The number of fused-ring (bicyclic) bond motifs is 6. The van der Waals surface area contributed by atoms with Crippen LogP contribution < -0.4 is 37.2 Å². The molecule has 2 saturated heterocycles. The van der Waals surface area contributed by atoms with Gasteiger partial charge in [0.1, 0.15) is 9.75 Å².